The van der Waals surface area contributed by atoms with Crippen LogP contribution in [-0.4, -0.2) is 25.2 Å². The van der Waals surface area contributed by atoms with Crippen molar-refractivity contribution in [3.05, 3.63) is 95.6 Å². The van der Waals surface area contributed by atoms with Gasteiger partial charge in [-0.25, -0.2) is 8.42 Å². The minimum atomic E-state index is -3.88. The first-order valence-corrected chi connectivity index (χ1v) is 11.2. The number of hydrogen-bond donors (Lipinski definition) is 1. The summed E-state index contributed by atoms with van der Waals surface area (Å²) >= 11 is 0. The molecular weight excluding hydrogens is 410 g/mol. The molecule has 31 heavy (non-hydrogen) atoms. The predicted octanol–water partition coefficient (Wildman–Crippen LogP) is 3.89. The molecule has 0 spiro atoms. The number of benzene rings is 3. The molecule has 7 heteroatoms. The first kappa shape index (κ1) is 22.2. The average Bonchev–Trinajstić information content (AvgIpc) is 2.76. The number of anilines is 1. The molecule has 3 aromatic rings. The highest BCUT2D eigenvalue weighted by atomic mass is 32.2. The third kappa shape index (κ3) is 6.01. The Morgan fingerprint density at radius 1 is 0.935 bits per heavy atom. The summed E-state index contributed by atoms with van der Waals surface area (Å²) in [6, 6.07) is 24.7. The van der Waals surface area contributed by atoms with Gasteiger partial charge in [0.1, 0.15) is 0 Å². The molecule has 0 fully saturated rings. The molecule has 0 atom stereocenters. The Kier molecular flexibility index (Phi) is 7.19. The monoisotopic (exact) mass is 433 g/mol. The summed E-state index contributed by atoms with van der Waals surface area (Å²) in [6.45, 7) is 1.63. The fourth-order valence-corrected chi connectivity index (χ4v) is 4.41. The van der Waals surface area contributed by atoms with E-state index in [-0.39, 0.29) is 24.4 Å². The highest BCUT2D eigenvalue weighted by Gasteiger charge is 2.27. The number of amides is 1. The maximum absolute atomic E-state index is 13.3. The lowest BCUT2D eigenvalue weighted by Crippen LogP contribution is -2.37. The van der Waals surface area contributed by atoms with Gasteiger partial charge in [-0.05, 0) is 42.3 Å². The predicted molar refractivity (Wildman–Crippen MR) is 120 cm³/mol. The Balaban J connectivity index is 1.81. The van der Waals surface area contributed by atoms with Crippen LogP contribution in [0.25, 0.3) is 0 Å². The highest BCUT2D eigenvalue weighted by Crippen LogP contribution is 2.19. The van der Waals surface area contributed by atoms with E-state index in [0.29, 0.717) is 5.69 Å². The van der Waals surface area contributed by atoms with Crippen molar-refractivity contribution in [2.75, 3.05) is 11.9 Å². The molecule has 0 aliphatic rings. The number of carbonyl (C=O) groups excluding carboxylic acids is 1. The summed E-state index contributed by atoms with van der Waals surface area (Å²) in [6.07, 6.45) is 0.286. The number of carbonyl (C=O) groups is 1. The van der Waals surface area contributed by atoms with Crippen molar-refractivity contribution in [1.82, 2.24) is 4.31 Å². The molecule has 0 aliphatic carbocycles. The van der Waals surface area contributed by atoms with Gasteiger partial charge >= 0.3 is 0 Å². The minimum absolute atomic E-state index is 0.0750. The van der Waals surface area contributed by atoms with Gasteiger partial charge in [-0.2, -0.15) is 9.57 Å². The molecule has 0 heterocycles. The lowest BCUT2D eigenvalue weighted by Gasteiger charge is -2.22. The fourth-order valence-electron chi connectivity index (χ4n) is 3.03. The normalized spacial score (nSPS) is 11.1. The molecule has 3 aromatic carbocycles. The smallest absolute Gasteiger partial charge is 0.243 e. The number of nitrogens with one attached hydrogen (secondary N) is 1. The second kappa shape index (κ2) is 10.0. The lowest BCUT2D eigenvalue weighted by molar-refractivity contribution is -0.116. The molecular formula is C24H23N3O3S. The van der Waals surface area contributed by atoms with Gasteiger partial charge in [0, 0.05) is 12.2 Å². The Bertz CT molecular complexity index is 1170. The van der Waals surface area contributed by atoms with Gasteiger partial charge in [0.15, 0.2) is 0 Å². The largest absolute Gasteiger partial charge is 0.325 e. The summed E-state index contributed by atoms with van der Waals surface area (Å²) in [5, 5.41) is 11.5. The molecule has 0 unspecified atom stereocenters. The van der Waals surface area contributed by atoms with Gasteiger partial charge in [0.05, 0.1) is 23.9 Å². The zero-order valence-electron chi connectivity index (χ0n) is 17.2. The van der Waals surface area contributed by atoms with Crippen molar-refractivity contribution in [1.29, 1.82) is 5.26 Å². The van der Waals surface area contributed by atoms with Gasteiger partial charge < -0.3 is 5.32 Å². The molecule has 3 rings (SSSR count). The van der Waals surface area contributed by atoms with E-state index in [1.54, 1.807) is 48.5 Å². The minimum Gasteiger partial charge on any atom is -0.325 e. The molecule has 0 bridgehead atoms. The Hall–Kier alpha value is -3.47. The van der Waals surface area contributed by atoms with E-state index in [9.17, 15) is 13.2 Å². The van der Waals surface area contributed by atoms with Gasteiger partial charge in [-0.1, -0.05) is 60.2 Å². The zero-order chi connectivity index (χ0) is 22.3. The van der Waals surface area contributed by atoms with Crippen LogP contribution in [0.4, 0.5) is 5.69 Å². The maximum atomic E-state index is 13.3. The van der Waals surface area contributed by atoms with E-state index < -0.39 is 15.9 Å². The zero-order valence-corrected chi connectivity index (χ0v) is 18.0. The van der Waals surface area contributed by atoms with Crippen molar-refractivity contribution in [2.45, 2.75) is 24.8 Å². The Morgan fingerprint density at radius 3 is 2.19 bits per heavy atom. The fraction of sp³-hybridized carbons (Fsp3) is 0.167. The molecule has 0 aromatic heterocycles. The molecule has 1 amide bonds. The summed E-state index contributed by atoms with van der Waals surface area (Å²) in [5.74, 6) is -0.445. The standard InChI is InChI=1S/C24H23N3O3S/c1-19-7-13-23(14-8-19)31(29,30)27(17-21-5-3-2-4-6-21)18-24(28)26-22-11-9-20(10-12-22)15-16-25/h2-14H,15,17-18H2,1H3,(H,26,28). The van der Waals surface area contributed by atoms with Crippen LogP contribution in [0.3, 0.4) is 0 Å². The third-order valence-corrected chi connectivity index (χ3v) is 6.51. The second-order valence-corrected chi connectivity index (χ2v) is 9.09. The van der Waals surface area contributed by atoms with Crippen LogP contribution >= 0.6 is 0 Å². The molecule has 0 radical (unpaired) electrons. The van der Waals surface area contributed by atoms with Crippen molar-refractivity contribution < 1.29 is 13.2 Å². The van der Waals surface area contributed by atoms with Crippen molar-refractivity contribution in [2.24, 2.45) is 0 Å². The number of rotatable bonds is 8. The molecule has 158 valence electrons. The van der Waals surface area contributed by atoms with Crippen molar-refractivity contribution in [3.63, 3.8) is 0 Å². The van der Waals surface area contributed by atoms with E-state index in [0.717, 1.165) is 16.7 Å². The van der Waals surface area contributed by atoms with Crippen LogP contribution in [0.15, 0.2) is 83.8 Å². The summed E-state index contributed by atoms with van der Waals surface area (Å²) in [5.41, 5.74) is 3.12. The molecule has 0 saturated heterocycles. The maximum Gasteiger partial charge on any atom is 0.243 e. The van der Waals surface area contributed by atoms with E-state index in [1.165, 1.54) is 4.31 Å². The molecule has 0 aliphatic heterocycles. The van der Waals surface area contributed by atoms with Crippen LogP contribution in [0.2, 0.25) is 0 Å². The lowest BCUT2D eigenvalue weighted by atomic mass is 10.1. The van der Waals surface area contributed by atoms with Gasteiger partial charge in [0.25, 0.3) is 0 Å². The van der Waals surface area contributed by atoms with Gasteiger partial charge in [-0.15, -0.1) is 0 Å². The number of nitriles is 1. The first-order chi connectivity index (χ1) is 14.9. The van der Waals surface area contributed by atoms with E-state index in [1.807, 2.05) is 37.3 Å². The summed E-state index contributed by atoms with van der Waals surface area (Å²) < 4.78 is 27.7. The van der Waals surface area contributed by atoms with Crippen LogP contribution < -0.4 is 5.32 Å². The topological polar surface area (TPSA) is 90.3 Å². The van der Waals surface area contributed by atoms with E-state index >= 15 is 0 Å². The van der Waals surface area contributed by atoms with Crippen molar-refractivity contribution >= 4 is 21.6 Å². The van der Waals surface area contributed by atoms with E-state index in [2.05, 4.69) is 11.4 Å². The molecule has 0 saturated carbocycles. The van der Waals surface area contributed by atoms with Gasteiger partial charge in [-0.3, -0.25) is 4.79 Å². The van der Waals surface area contributed by atoms with Crippen molar-refractivity contribution in [3.8, 4) is 6.07 Å². The number of hydrogen-bond acceptors (Lipinski definition) is 4. The van der Waals surface area contributed by atoms with Gasteiger partial charge in [0.2, 0.25) is 15.9 Å². The van der Waals surface area contributed by atoms with Crippen LogP contribution in [0.5, 0.6) is 0 Å². The molecule has 1 N–H and O–H groups in total. The van der Waals surface area contributed by atoms with Crippen LogP contribution in [0.1, 0.15) is 16.7 Å². The number of aryl methyl sites for hydroxylation is 1. The highest BCUT2D eigenvalue weighted by molar-refractivity contribution is 7.89. The summed E-state index contributed by atoms with van der Waals surface area (Å²) in [7, 11) is -3.88. The molecule has 6 nitrogen and oxygen atoms in total. The number of sulfonamides is 1. The Labute approximate surface area is 182 Å². The summed E-state index contributed by atoms with van der Waals surface area (Å²) in [4.78, 5) is 12.8. The SMILES string of the molecule is Cc1ccc(S(=O)(=O)N(CC(=O)Nc2ccc(CC#N)cc2)Cc2ccccc2)cc1. The third-order valence-electron chi connectivity index (χ3n) is 4.70. The second-order valence-electron chi connectivity index (χ2n) is 7.15. The Morgan fingerprint density at radius 2 is 1.58 bits per heavy atom. The number of nitrogens with zero attached hydrogens (tertiary/aromatic N) is 2. The van der Waals surface area contributed by atoms with Crippen LogP contribution in [-0.2, 0) is 27.8 Å². The van der Waals surface area contributed by atoms with Crippen LogP contribution in [0, 0.1) is 18.3 Å². The average molecular weight is 434 g/mol. The quantitative estimate of drug-likeness (QED) is 0.583. The van der Waals surface area contributed by atoms with E-state index in [4.69, 9.17) is 5.26 Å². The first-order valence-electron chi connectivity index (χ1n) is 9.75.